The molecule has 18 heavy (non-hydrogen) atoms. The van der Waals surface area contributed by atoms with Crippen molar-refractivity contribution in [3.63, 3.8) is 0 Å². The third-order valence-corrected chi connectivity index (χ3v) is 2.79. The highest BCUT2D eigenvalue weighted by Gasteiger charge is 1.93. The Labute approximate surface area is 109 Å². The molecule has 0 N–H and O–H groups in total. The second kappa shape index (κ2) is 6.06. The normalized spacial score (nSPS) is 10.8. The van der Waals surface area contributed by atoms with E-state index in [-0.39, 0.29) is 0 Å². The number of rotatable bonds is 4. The number of nitrogens with zero attached hydrogens (tertiary/aromatic N) is 1. The standard InChI is InChI=1S/C17H18N/c1-18(2)17-13-11-16(12-14-17)10-6-9-15-7-4-3-5-8-15/h3-14H,1-2H3. The monoisotopic (exact) mass is 236 g/mol. The first kappa shape index (κ1) is 12.4. The third-order valence-electron chi connectivity index (χ3n) is 2.79. The number of anilines is 1. The van der Waals surface area contributed by atoms with Gasteiger partial charge in [-0.15, -0.1) is 0 Å². The van der Waals surface area contributed by atoms with E-state index >= 15 is 0 Å². The summed E-state index contributed by atoms with van der Waals surface area (Å²) >= 11 is 0. The fourth-order valence-electron chi connectivity index (χ4n) is 1.72. The molecular weight excluding hydrogens is 218 g/mol. The van der Waals surface area contributed by atoms with Gasteiger partial charge >= 0.3 is 0 Å². The molecule has 0 amide bonds. The van der Waals surface area contributed by atoms with Gasteiger partial charge < -0.3 is 4.90 Å². The van der Waals surface area contributed by atoms with Crippen molar-refractivity contribution in [2.45, 2.75) is 0 Å². The summed E-state index contributed by atoms with van der Waals surface area (Å²) in [5.74, 6) is 0. The van der Waals surface area contributed by atoms with E-state index in [1.165, 1.54) is 16.8 Å². The van der Waals surface area contributed by atoms with Gasteiger partial charge in [0.2, 0.25) is 0 Å². The summed E-state index contributed by atoms with van der Waals surface area (Å²) in [6, 6.07) is 18.8. The predicted molar refractivity (Wildman–Crippen MR) is 79.6 cm³/mol. The zero-order valence-corrected chi connectivity index (χ0v) is 10.9. The van der Waals surface area contributed by atoms with Crippen molar-refractivity contribution in [2.75, 3.05) is 19.0 Å². The summed E-state index contributed by atoms with van der Waals surface area (Å²) in [5.41, 5.74) is 3.66. The van der Waals surface area contributed by atoms with Crippen LogP contribution in [0.5, 0.6) is 0 Å². The van der Waals surface area contributed by atoms with Crippen LogP contribution in [0.15, 0.2) is 60.7 Å². The molecule has 91 valence electrons. The highest BCUT2D eigenvalue weighted by Crippen LogP contribution is 2.13. The maximum Gasteiger partial charge on any atom is 0.0361 e. The van der Waals surface area contributed by atoms with Crippen LogP contribution in [-0.4, -0.2) is 14.1 Å². The van der Waals surface area contributed by atoms with Gasteiger partial charge in [-0.2, -0.15) is 0 Å². The van der Waals surface area contributed by atoms with Gasteiger partial charge in [-0.1, -0.05) is 54.6 Å². The molecule has 0 unspecified atom stereocenters. The largest absolute Gasteiger partial charge is 0.378 e. The first-order valence-electron chi connectivity index (χ1n) is 6.09. The number of allylic oxidation sites excluding steroid dienone is 1. The van der Waals surface area contributed by atoms with Gasteiger partial charge in [-0.25, -0.2) is 0 Å². The Balaban J connectivity index is 1.97. The molecule has 0 aliphatic heterocycles. The predicted octanol–water partition coefficient (Wildman–Crippen LogP) is 4.02. The maximum atomic E-state index is 2.13. The van der Waals surface area contributed by atoms with Crippen molar-refractivity contribution in [1.82, 2.24) is 0 Å². The van der Waals surface area contributed by atoms with E-state index in [4.69, 9.17) is 0 Å². The molecule has 0 aliphatic rings. The molecular formula is C17H18N. The minimum atomic E-state index is 1.22. The van der Waals surface area contributed by atoms with Crippen molar-refractivity contribution in [3.8, 4) is 0 Å². The topological polar surface area (TPSA) is 3.24 Å². The molecule has 0 aromatic heterocycles. The zero-order valence-electron chi connectivity index (χ0n) is 10.9. The first-order valence-corrected chi connectivity index (χ1v) is 6.09. The molecule has 1 nitrogen and oxygen atoms in total. The fraction of sp³-hybridized carbons (Fsp3) is 0.118. The molecule has 0 saturated carbocycles. The Kier molecular flexibility index (Phi) is 4.19. The van der Waals surface area contributed by atoms with Crippen LogP contribution in [0.1, 0.15) is 11.1 Å². The van der Waals surface area contributed by atoms with Crippen molar-refractivity contribution >= 4 is 11.8 Å². The molecule has 2 aromatic rings. The van der Waals surface area contributed by atoms with E-state index in [1.807, 2.05) is 32.3 Å². The molecule has 0 aliphatic carbocycles. The fourth-order valence-corrected chi connectivity index (χ4v) is 1.72. The molecule has 2 rings (SSSR count). The Morgan fingerprint density at radius 1 is 0.778 bits per heavy atom. The van der Waals surface area contributed by atoms with Gasteiger partial charge in [0, 0.05) is 26.2 Å². The van der Waals surface area contributed by atoms with Crippen LogP contribution in [0.2, 0.25) is 0 Å². The van der Waals surface area contributed by atoms with Gasteiger partial charge in [-0.05, 0) is 23.3 Å². The van der Waals surface area contributed by atoms with Crippen LogP contribution in [0.3, 0.4) is 0 Å². The summed E-state index contributed by atoms with van der Waals surface area (Å²) in [5, 5.41) is 0. The van der Waals surface area contributed by atoms with Crippen LogP contribution >= 0.6 is 0 Å². The quantitative estimate of drug-likeness (QED) is 0.775. The lowest BCUT2D eigenvalue weighted by Gasteiger charge is -2.11. The van der Waals surface area contributed by atoms with Gasteiger partial charge in [0.25, 0.3) is 0 Å². The molecule has 1 heteroatoms. The van der Waals surface area contributed by atoms with Crippen molar-refractivity contribution in [3.05, 3.63) is 78.2 Å². The van der Waals surface area contributed by atoms with E-state index in [0.29, 0.717) is 0 Å². The smallest absolute Gasteiger partial charge is 0.0361 e. The lowest BCUT2D eigenvalue weighted by Crippen LogP contribution is -2.07. The minimum absolute atomic E-state index is 1.22. The van der Waals surface area contributed by atoms with Gasteiger partial charge in [-0.3, -0.25) is 0 Å². The van der Waals surface area contributed by atoms with E-state index in [0.717, 1.165) is 0 Å². The van der Waals surface area contributed by atoms with Crippen LogP contribution < -0.4 is 4.90 Å². The number of benzene rings is 2. The summed E-state index contributed by atoms with van der Waals surface area (Å²) in [7, 11) is 4.10. The molecule has 0 atom stereocenters. The van der Waals surface area contributed by atoms with Gasteiger partial charge in [0.15, 0.2) is 0 Å². The van der Waals surface area contributed by atoms with Crippen molar-refractivity contribution in [2.24, 2.45) is 0 Å². The Bertz CT molecular complexity index is 495. The zero-order chi connectivity index (χ0) is 12.8. The summed E-state index contributed by atoms with van der Waals surface area (Å²) in [6.07, 6.45) is 6.31. The van der Waals surface area contributed by atoms with Gasteiger partial charge in [0.1, 0.15) is 0 Å². The van der Waals surface area contributed by atoms with E-state index < -0.39 is 0 Å². The Morgan fingerprint density at radius 3 is 2.06 bits per heavy atom. The van der Waals surface area contributed by atoms with Crippen LogP contribution in [0.25, 0.3) is 6.08 Å². The van der Waals surface area contributed by atoms with Crippen molar-refractivity contribution < 1.29 is 0 Å². The molecule has 0 bridgehead atoms. The van der Waals surface area contributed by atoms with Crippen molar-refractivity contribution in [1.29, 1.82) is 0 Å². The Hall–Kier alpha value is -2.02. The summed E-state index contributed by atoms with van der Waals surface area (Å²) < 4.78 is 0. The Morgan fingerprint density at radius 2 is 1.44 bits per heavy atom. The SMILES string of the molecule is CN(C)c1ccc(C=C[CH]c2ccccc2)cc1. The number of hydrogen-bond donors (Lipinski definition) is 0. The highest BCUT2D eigenvalue weighted by atomic mass is 15.1. The highest BCUT2D eigenvalue weighted by molar-refractivity contribution is 5.56. The summed E-state index contributed by atoms with van der Waals surface area (Å²) in [4.78, 5) is 2.10. The second-order valence-corrected chi connectivity index (χ2v) is 4.42. The van der Waals surface area contributed by atoms with Crippen LogP contribution in [0.4, 0.5) is 5.69 Å². The molecule has 2 aromatic carbocycles. The maximum absolute atomic E-state index is 2.13. The van der Waals surface area contributed by atoms with Gasteiger partial charge in [0.05, 0.1) is 0 Å². The lowest BCUT2D eigenvalue weighted by molar-refractivity contribution is 1.13. The average Bonchev–Trinajstić information content (AvgIpc) is 2.40. The third kappa shape index (κ3) is 3.49. The van der Waals surface area contributed by atoms with Crippen LogP contribution in [0, 0.1) is 6.42 Å². The molecule has 1 radical (unpaired) electrons. The van der Waals surface area contributed by atoms with Crippen LogP contribution in [-0.2, 0) is 0 Å². The first-order chi connectivity index (χ1) is 8.75. The molecule has 0 saturated heterocycles. The van der Waals surface area contributed by atoms with E-state index in [2.05, 4.69) is 59.9 Å². The molecule has 0 fully saturated rings. The number of hydrogen-bond acceptors (Lipinski definition) is 1. The molecule has 0 heterocycles. The summed E-state index contributed by atoms with van der Waals surface area (Å²) in [6.45, 7) is 0. The van der Waals surface area contributed by atoms with E-state index in [1.54, 1.807) is 0 Å². The lowest BCUT2D eigenvalue weighted by atomic mass is 10.1. The average molecular weight is 236 g/mol. The van der Waals surface area contributed by atoms with E-state index in [9.17, 15) is 0 Å². The minimum Gasteiger partial charge on any atom is -0.378 e. The molecule has 0 spiro atoms. The second-order valence-electron chi connectivity index (χ2n) is 4.42.